The van der Waals surface area contributed by atoms with Crippen molar-refractivity contribution in [3.05, 3.63) is 74.6 Å². The van der Waals surface area contributed by atoms with Gasteiger partial charge in [0.05, 0.1) is 6.42 Å². The van der Waals surface area contributed by atoms with E-state index in [0.29, 0.717) is 37.4 Å². The number of fused-ring (bicyclic) bond motifs is 1. The van der Waals surface area contributed by atoms with Crippen LogP contribution in [0.25, 0.3) is 11.2 Å². The van der Waals surface area contributed by atoms with Crippen LogP contribution in [0, 0.1) is 5.95 Å². The molecule has 0 aliphatic carbocycles. The Kier molecular flexibility index (Phi) is 5.21. The summed E-state index contributed by atoms with van der Waals surface area (Å²) in [6.45, 7) is 2.53. The van der Waals surface area contributed by atoms with Gasteiger partial charge in [-0.05, 0) is 30.5 Å². The molecule has 0 unspecified atom stereocenters. The molecule has 30 heavy (non-hydrogen) atoms. The molecule has 0 atom stereocenters. The molecule has 0 saturated heterocycles. The van der Waals surface area contributed by atoms with Gasteiger partial charge in [0.2, 0.25) is 5.89 Å². The first kappa shape index (κ1) is 19.6. The molecule has 1 aromatic carbocycles. The number of nitrogens with two attached hydrogens (primary N) is 1. The number of nitrogens with zero attached hydrogens (tertiary/aromatic N) is 4. The Bertz CT molecular complexity index is 1300. The van der Waals surface area contributed by atoms with E-state index in [0.717, 1.165) is 11.8 Å². The fourth-order valence-corrected chi connectivity index (χ4v) is 3.36. The number of aromatic amines is 1. The molecule has 9 nitrogen and oxygen atoms in total. The van der Waals surface area contributed by atoms with Gasteiger partial charge in [-0.15, -0.1) is 0 Å². The Morgan fingerprint density at radius 1 is 1.13 bits per heavy atom. The zero-order valence-corrected chi connectivity index (χ0v) is 16.4. The number of anilines is 1. The van der Waals surface area contributed by atoms with Gasteiger partial charge in [-0.1, -0.05) is 19.1 Å². The number of nitrogen functional groups attached to an aromatic ring is 1. The van der Waals surface area contributed by atoms with Gasteiger partial charge in [-0.3, -0.25) is 13.9 Å². The highest BCUT2D eigenvalue weighted by Gasteiger charge is 2.18. The van der Waals surface area contributed by atoms with Crippen molar-refractivity contribution >= 4 is 16.9 Å². The van der Waals surface area contributed by atoms with E-state index in [-0.39, 0.29) is 23.5 Å². The van der Waals surface area contributed by atoms with Gasteiger partial charge in [0.15, 0.2) is 5.65 Å². The smallest absolute Gasteiger partial charge is 0.332 e. The summed E-state index contributed by atoms with van der Waals surface area (Å²) in [5.41, 5.74) is 7.03. The fraction of sp³-hybridized carbons (Fsp3) is 0.300. The van der Waals surface area contributed by atoms with Crippen molar-refractivity contribution < 1.29 is 8.81 Å². The summed E-state index contributed by atoms with van der Waals surface area (Å²) in [5.74, 6) is -0.248. The van der Waals surface area contributed by atoms with Crippen molar-refractivity contribution in [3.63, 3.8) is 0 Å². The molecule has 4 aromatic rings. The van der Waals surface area contributed by atoms with Crippen molar-refractivity contribution in [2.45, 2.75) is 39.3 Å². The lowest BCUT2D eigenvalue weighted by Crippen LogP contribution is -2.40. The van der Waals surface area contributed by atoms with Crippen molar-refractivity contribution in [2.75, 3.05) is 5.73 Å². The number of H-pyrrole nitrogens is 1. The second-order valence-corrected chi connectivity index (χ2v) is 7.01. The maximum absolute atomic E-state index is 13.1. The van der Waals surface area contributed by atoms with Crippen LogP contribution in [-0.4, -0.2) is 24.1 Å². The molecule has 3 heterocycles. The van der Waals surface area contributed by atoms with E-state index in [1.807, 2.05) is 19.1 Å². The summed E-state index contributed by atoms with van der Waals surface area (Å²) >= 11 is 0. The minimum absolute atomic E-state index is 0.0674. The molecule has 3 aromatic heterocycles. The molecule has 4 rings (SSSR count). The SMILES string of the molecule is CCCn1c(=O)c2[nH]c(Cc3nc(F)co3)nc2n(CCc2ccc(N)cc2)c1=O. The summed E-state index contributed by atoms with van der Waals surface area (Å²) < 4.78 is 20.8. The molecule has 156 valence electrons. The van der Waals surface area contributed by atoms with Crippen LogP contribution in [-0.2, 0) is 25.9 Å². The van der Waals surface area contributed by atoms with E-state index in [1.54, 1.807) is 12.1 Å². The fourth-order valence-electron chi connectivity index (χ4n) is 3.36. The first-order valence-electron chi connectivity index (χ1n) is 9.62. The zero-order chi connectivity index (χ0) is 21.3. The van der Waals surface area contributed by atoms with Gasteiger partial charge in [-0.2, -0.15) is 9.37 Å². The second-order valence-electron chi connectivity index (χ2n) is 7.01. The van der Waals surface area contributed by atoms with Crippen LogP contribution in [0.15, 0.2) is 44.5 Å². The molecular weight excluding hydrogens is 391 g/mol. The van der Waals surface area contributed by atoms with Crippen LogP contribution in [0.2, 0.25) is 0 Å². The molecule has 0 aliphatic heterocycles. The number of oxazole rings is 1. The van der Waals surface area contributed by atoms with Gasteiger partial charge >= 0.3 is 5.69 Å². The Balaban J connectivity index is 1.76. The predicted molar refractivity (Wildman–Crippen MR) is 109 cm³/mol. The lowest BCUT2D eigenvalue weighted by Gasteiger charge is -2.11. The summed E-state index contributed by atoms with van der Waals surface area (Å²) in [6.07, 6.45) is 2.16. The van der Waals surface area contributed by atoms with Gasteiger partial charge in [0.25, 0.3) is 11.5 Å². The predicted octanol–water partition coefficient (Wildman–Crippen LogP) is 1.84. The van der Waals surface area contributed by atoms with Gasteiger partial charge in [-0.25, -0.2) is 9.78 Å². The molecule has 0 aliphatic rings. The molecule has 10 heteroatoms. The number of aryl methyl sites for hydroxylation is 2. The van der Waals surface area contributed by atoms with Crippen molar-refractivity contribution in [1.82, 2.24) is 24.1 Å². The molecular formula is C20H21FN6O3. The first-order chi connectivity index (χ1) is 14.5. The van der Waals surface area contributed by atoms with E-state index in [2.05, 4.69) is 15.0 Å². The number of rotatable bonds is 7. The number of benzene rings is 1. The Labute approximate surface area is 170 Å². The average Bonchev–Trinajstić information content (AvgIpc) is 3.33. The van der Waals surface area contributed by atoms with E-state index in [4.69, 9.17) is 10.2 Å². The van der Waals surface area contributed by atoms with E-state index in [9.17, 15) is 14.0 Å². The molecule has 0 fully saturated rings. The topological polar surface area (TPSA) is 125 Å². The van der Waals surface area contributed by atoms with Crippen LogP contribution >= 0.6 is 0 Å². The van der Waals surface area contributed by atoms with Crippen LogP contribution in [0.5, 0.6) is 0 Å². The maximum Gasteiger partial charge on any atom is 0.332 e. The summed E-state index contributed by atoms with van der Waals surface area (Å²) in [5, 5.41) is 0. The standard InChI is InChI=1S/C20H21FN6O3/c1-2-8-27-19(28)17-18(25-15(24-17)10-16-23-14(21)11-30-16)26(20(27)29)9-7-12-3-5-13(22)6-4-12/h3-6,11H,2,7-10,22H2,1H3,(H,24,25). The van der Waals surface area contributed by atoms with Gasteiger partial charge < -0.3 is 15.1 Å². The second kappa shape index (κ2) is 7.97. The van der Waals surface area contributed by atoms with Crippen molar-refractivity contribution in [3.8, 4) is 0 Å². The van der Waals surface area contributed by atoms with E-state index < -0.39 is 17.2 Å². The number of halogens is 1. The lowest BCUT2D eigenvalue weighted by molar-refractivity contribution is 0.496. The summed E-state index contributed by atoms with van der Waals surface area (Å²) in [6, 6.07) is 7.39. The van der Waals surface area contributed by atoms with Crippen LogP contribution < -0.4 is 17.0 Å². The largest absolute Gasteiger partial charge is 0.445 e. The highest BCUT2D eigenvalue weighted by atomic mass is 19.1. The molecule has 3 N–H and O–H groups in total. The minimum atomic E-state index is -0.730. The number of aromatic nitrogens is 5. The van der Waals surface area contributed by atoms with Crippen LogP contribution in [0.1, 0.15) is 30.6 Å². The molecule has 0 spiro atoms. The summed E-state index contributed by atoms with van der Waals surface area (Å²) in [7, 11) is 0. The molecule has 0 radical (unpaired) electrons. The van der Waals surface area contributed by atoms with Crippen LogP contribution in [0.3, 0.4) is 0 Å². The lowest BCUT2D eigenvalue weighted by atomic mass is 10.1. The summed E-state index contributed by atoms with van der Waals surface area (Å²) in [4.78, 5) is 36.8. The molecule has 0 amide bonds. The van der Waals surface area contributed by atoms with E-state index >= 15 is 0 Å². The highest BCUT2D eigenvalue weighted by Crippen LogP contribution is 2.12. The Morgan fingerprint density at radius 2 is 1.90 bits per heavy atom. The molecule has 0 saturated carbocycles. The van der Waals surface area contributed by atoms with Crippen molar-refractivity contribution in [1.29, 1.82) is 0 Å². The third-order valence-electron chi connectivity index (χ3n) is 4.80. The van der Waals surface area contributed by atoms with Gasteiger partial charge in [0, 0.05) is 18.8 Å². The Morgan fingerprint density at radius 3 is 2.57 bits per heavy atom. The first-order valence-corrected chi connectivity index (χ1v) is 9.62. The number of nitrogens with one attached hydrogen (secondary N) is 1. The quantitative estimate of drug-likeness (QED) is 0.446. The highest BCUT2D eigenvalue weighted by molar-refractivity contribution is 5.70. The number of imidazole rings is 1. The third kappa shape index (κ3) is 3.76. The third-order valence-corrected chi connectivity index (χ3v) is 4.80. The number of hydrogen-bond acceptors (Lipinski definition) is 6. The monoisotopic (exact) mass is 412 g/mol. The van der Waals surface area contributed by atoms with Gasteiger partial charge in [0.1, 0.15) is 17.6 Å². The number of hydrogen-bond donors (Lipinski definition) is 2. The Hall–Kier alpha value is -3.69. The van der Waals surface area contributed by atoms with Crippen molar-refractivity contribution in [2.24, 2.45) is 0 Å². The van der Waals surface area contributed by atoms with Crippen LogP contribution in [0.4, 0.5) is 10.1 Å². The average molecular weight is 412 g/mol. The maximum atomic E-state index is 13.1. The minimum Gasteiger partial charge on any atom is -0.445 e. The zero-order valence-electron chi connectivity index (χ0n) is 16.4. The normalized spacial score (nSPS) is 11.4. The van der Waals surface area contributed by atoms with E-state index in [1.165, 1.54) is 9.13 Å². The molecule has 0 bridgehead atoms.